The van der Waals surface area contributed by atoms with E-state index in [1.807, 2.05) is 0 Å². The van der Waals surface area contributed by atoms with Gasteiger partial charge in [0, 0.05) is 6.21 Å². The molecule has 2 rings (SSSR count). The molecule has 11 heteroatoms. The van der Waals surface area contributed by atoms with Gasteiger partial charge in [0.2, 0.25) is 0 Å². The van der Waals surface area contributed by atoms with E-state index in [0.717, 1.165) is 18.2 Å². The Morgan fingerprint density at radius 1 is 1.00 bits per heavy atom. The molecule has 0 aliphatic carbocycles. The van der Waals surface area contributed by atoms with Gasteiger partial charge in [-0.3, -0.25) is 4.99 Å². The lowest BCUT2D eigenvalue weighted by Crippen LogP contribution is -2.17. The maximum absolute atomic E-state index is 13.7. The minimum absolute atomic E-state index is 0.189. The lowest BCUT2D eigenvalue weighted by molar-refractivity contribution is -0.143. The molecule has 0 spiro atoms. The van der Waals surface area contributed by atoms with Gasteiger partial charge in [0.1, 0.15) is 16.9 Å². The molecule has 0 amide bonds. The second-order valence-corrected chi connectivity index (χ2v) is 4.81. The van der Waals surface area contributed by atoms with Gasteiger partial charge >= 0.3 is 12.1 Å². The van der Waals surface area contributed by atoms with Crippen LogP contribution < -0.4 is 0 Å². The summed E-state index contributed by atoms with van der Waals surface area (Å²) in [5.41, 5.74) is -5.19. The van der Waals surface area contributed by atoms with E-state index in [1.54, 1.807) is 0 Å². The average Bonchev–Trinajstić information content (AvgIpc) is 2.53. The number of benzene rings is 2. The maximum Gasteiger partial charge on any atom is 0.422 e. The Bertz CT molecular complexity index is 893. The quantitative estimate of drug-likeness (QED) is 0.470. The van der Waals surface area contributed by atoms with Crippen LogP contribution in [0.25, 0.3) is 0 Å². The van der Waals surface area contributed by atoms with Gasteiger partial charge in [-0.1, -0.05) is 0 Å². The van der Waals surface area contributed by atoms with Crippen LogP contribution in [0.4, 0.5) is 36.4 Å². The zero-order valence-corrected chi connectivity index (χ0v) is 12.2. The average molecular weight is 381 g/mol. The molecule has 26 heavy (non-hydrogen) atoms. The summed E-state index contributed by atoms with van der Waals surface area (Å²) in [6.45, 7) is 0. The predicted molar refractivity (Wildman–Crippen MR) is 73.6 cm³/mol. The third-order valence-corrected chi connectivity index (χ3v) is 3.13. The molecule has 138 valence electrons. The predicted octanol–water partition coefficient (Wildman–Crippen LogP) is 4.42. The third kappa shape index (κ3) is 3.46. The van der Waals surface area contributed by atoms with Crippen LogP contribution in [0, 0.1) is 23.3 Å². The molecule has 0 unspecified atom stereocenters. The van der Waals surface area contributed by atoms with Gasteiger partial charge in [0.15, 0.2) is 23.3 Å². The Morgan fingerprint density at radius 3 is 2.00 bits per heavy atom. The molecular formula is C15H6F7NO3. The topological polar surface area (TPSA) is 69.9 Å². The third-order valence-electron chi connectivity index (χ3n) is 3.13. The molecule has 0 saturated heterocycles. The van der Waals surface area contributed by atoms with Crippen molar-refractivity contribution in [2.75, 3.05) is 0 Å². The van der Waals surface area contributed by atoms with Gasteiger partial charge < -0.3 is 10.2 Å². The van der Waals surface area contributed by atoms with Crippen molar-refractivity contribution in [1.82, 2.24) is 0 Å². The van der Waals surface area contributed by atoms with Crippen molar-refractivity contribution in [3.63, 3.8) is 0 Å². The summed E-state index contributed by atoms with van der Waals surface area (Å²) < 4.78 is 91.8. The first kappa shape index (κ1) is 19.2. The highest BCUT2D eigenvalue weighted by Crippen LogP contribution is 2.36. The van der Waals surface area contributed by atoms with Crippen LogP contribution in [0.3, 0.4) is 0 Å². The van der Waals surface area contributed by atoms with E-state index in [4.69, 9.17) is 5.11 Å². The number of nitrogens with zero attached hydrogens (tertiary/aromatic N) is 1. The second kappa shape index (κ2) is 6.65. The summed E-state index contributed by atoms with van der Waals surface area (Å²) in [5.74, 6) is -12.2. The number of phenols is 1. The summed E-state index contributed by atoms with van der Waals surface area (Å²) in [5, 5.41) is 18.1. The lowest BCUT2D eigenvalue weighted by atomic mass is 10.1. The Kier molecular flexibility index (Phi) is 4.92. The molecule has 0 heterocycles. The number of carbonyl (C=O) groups is 1. The van der Waals surface area contributed by atoms with Crippen LogP contribution >= 0.6 is 0 Å². The standard InChI is InChI=1S/C15H6F7NO3/c16-10-7(11(17)13(19)9(12(10)18)15(20,21)22)4-23-5-1-2-8(24)6(3-5)14(25)26/h1-4,24H,(H,25,26). The molecule has 0 aliphatic rings. The molecule has 0 radical (unpaired) electrons. The minimum Gasteiger partial charge on any atom is -0.507 e. The summed E-state index contributed by atoms with van der Waals surface area (Å²) in [7, 11) is 0. The molecular weight excluding hydrogens is 375 g/mol. The molecule has 0 aromatic heterocycles. The first-order chi connectivity index (χ1) is 11.9. The lowest BCUT2D eigenvalue weighted by Gasteiger charge is -2.12. The van der Waals surface area contributed by atoms with E-state index in [1.165, 1.54) is 0 Å². The fourth-order valence-electron chi connectivity index (χ4n) is 1.93. The monoisotopic (exact) mass is 381 g/mol. The van der Waals surface area contributed by atoms with Crippen molar-refractivity contribution in [3.05, 3.63) is 58.2 Å². The fraction of sp³-hybridized carbons (Fsp3) is 0.0667. The van der Waals surface area contributed by atoms with Crippen molar-refractivity contribution < 1.29 is 45.7 Å². The van der Waals surface area contributed by atoms with Gasteiger partial charge in [-0.2, -0.15) is 13.2 Å². The van der Waals surface area contributed by atoms with E-state index in [-0.39, 0.29) is 11.9 Å². The van der Waals surface area contributed by atoms with Crippen molar-refractivity contribution in [2.45, 2.75) is 6.18 Å². The highest BCUT2D eigenvalue weighted by molar-refractivity contribution is 5.92. The highest BCUT2D eigenvalue weighted by atomic mass is 19.4. The maximum atomic E-state index is 13.7. The van der Waals surface area contributed by atoms with Gasteiger partial charge in [-0.05, 0) is 18.2 Å². The number of hydrogen-bond donors (Lipinski definition) is 2. The molecule has 0 atom stereocenters. The normalized spacial score (nSPS) is 12.0. The minimum atomic E-state index is -5.67. The zero-order valence-electron chi connectivity index (χ0n) is 12.2. The van der Waals surface area contributed by atoms with Crippen LogP contribution in [0.5, 0.6) is 5.75 Å². The first-order valence-electron chi connectivity index (χ1n) is 6.48. The summed E-state index contributed by atoms with van der Waals surface area (Å²) in [6.07, 6.45) is -5.48. The summed E-state index contributed by atoms with van der Waals surface area (Å²) >= 11 is 0. The molecule has 0 bridgehead atoms. The van der Waals surface area contributed by atoms with Gasteiger partial charge in [0.25, 0.3) is 0 Å². The molecule has 2 N–H and O–H groups in total. The number of halogens is 7. The number of aliphatic imine (C=N–C) groups is 1. The molecule has 2 aromatic carbocycles. The van der Waals surface area contributed by atoms with E-state index in [0.29, 0.717) is 0 Å². The number of hydrogen-bond acceptors (Lipinski definition) is 3. The van der Waals surface area contributed by atoms with E-state index < -0.39 is 57.9 Å². The van der Waals surface area contributed by atoms with E-state index >= 15 is 0 Å². The van der Waals surface area contributed by atoms with Crippen molar-refractivity contribution in [3.8, 4) is 5.75 Å². The number of aromatic hydroxyl groups is 1. The second-order valence-electron chi connectivity index (χ2n) is 4.81. The van der Waals surface area contributed by atoms with Crippen LogP contribution in [-0.4, -0.2) is 22.4 Å². The number of alkyl halides is 3. The Labute approximate surface area is 139 Å². The molecule has 0 fully saturated rings. The molecule has 0 aliphatic heterocycles. The van der Waals surface area contributed by atoms with Crippen molar-refractivity contribution in [1.29, 1.82) is 0 Å². The van der Waals surface area contributed by atoms with Crippen LogP contribution in [-0.2, 0) is 6.18 Å². The highest BCUT2D eigenvalue weighted by Gasteiger charge is 2.42. The number of rotatable bonds is 3. The summed E-state index contributed by atoms with van der Waals surface area (Å²) in [6, 6.07) is 2.63. The van der Waals surface area contributed by atoms with E-state index in [9.17, 15) is 40.6 Å². The Hall–Kier alpha value is -3.11. The Morgan fingerprint density at radius 2 is 1.54 bits per heavy atom. The molecule has 0 saturated carbocycles. The molecule has 2 aromatic rings. The largest absolute Gasteiger partial charge is 0.507 e. The van der Waals surface area contributed by atoms with Gasteiger partial charge in [0.05, 0.1) is 11.3 Å². The fourth-order valence-corrected chi connectivity index (χ4v) is 1.93. The number of aromatic carboxylic acids is 1. The number of carboxylic acid groups (broad SMARTS) is 1. The van der Waals surface area contributed by atoms with Gasteiger partial charge in [-0.15, -0.1) is 0 Å². The van der Waals surface area contributed by atoms with Gasteiger partial charge in [-0.25, -0.2) is 22.4 Å². The Balaban J connectivity index is 2.56. The van der Waals surface area contributed by atoms with Crippen molar-refractivity contribution >= 4 is 17.9 Å². The van der Waals surface area contributed by atoms with Crippen molar-refractivity contribution in [2.24, 2.45) is 4.99 Å². The summed E-state index contributed by atoms with van der Waals surface area (Å²) in [4.78, 5) is 14.2. The van der Waals surface area contributed by atoms with Crippen LogP contribution in [0.15, 0.2) is 23.2 Å². The van der Waals surface area contributed by atoms with E-state index in [2.05, 4.69) is 4.99 Å². The van der Waals surface area contributed by atoms with Crippen LogP contribution in [0.2, 0.25) is 0 Å². The molecule has 4 nitrogen and oxygen atoms in total. The number of carboxylic acids is 1. The first-order valence-corrected chi connectivity index (χ1v) is 6.48. The smallest absolute Gasteiger partial charge is 0.422 e. The zero-order chi connectivity index (χ0) is 19.8. The van der Waals surface area contributed by atoms with Crippen LogP contribution in [0.1, 0.15) is 21.5 Å². The SMILES string of the molecule is O=C(O)c1cc(N=Cc2c(F)c(F)c(C(F)(F)F)c(F)c2F)ccc1O.